The first-order valence-electron chi connectivity index (χ1n) is 5.41. The highest BCUT2D eigenvalue weighted by atomic mass is 19.3. The van der Waals surface area contributed by atoms with Crippen molar-refractivity contribution in [3.8, 4) is 5.75 Å². The second kappa shape index (κ2) is 5.03. The van der Waals surface area contributed by atoms with E-state index in [2.05, 4.69) is 9.84 Å². The molecule has 96 valence electrons. The third-order valence-corrected chi connectivity index (χ3v) is 2.66. The number of nitrogen functional groups attached to an aromatic ring is 1. The predicted molar refractivity (Wildman–Crippen MR) is 63.5 cm³/mol. The summed E-state index contributed by atoms with van der Waals surface area (Å²) in [6.45, 7) is -0.887. The largest absolute Gasteiger partial charge is 0.435 e. The monoisotopic (exact) mass is 253 g/mol. The Morgan fingerprint density at radius 2 is 1.89 bits per heavy atom. The second-order valence-electron chi connectivity index (χ2n) is 3.82. The Bertz CT molecular complexity index is 510. The van der Waals surface area contributed by atoms with Crippen molar-refractivity contribution >= 4 is 5.82 Å². The van der Waals surface area contributed by atoms with Crippen molar-refractivity contribution in [3.63, 3.8) is 0 Å². The molecule has 0 aliphatic carbocycles. The van der Waals surface area contributed by atoms with Crippen LogP contribution in [0.25, 0.3) is 0 Å². The van der Waals surface area contributed by atoms with Crippen LogP contribution in [-0.4, -0.2) is 16.4 Å². The zero-order chi connectivity index (χ0) is 13.1. The van der Waals surface area contributed by atoms with Gasteiger partial charge in [0.2, 0.25) is 0 Å². The lowest BCUT2D eigenvalue weighted by atomic mass is 10.1. The topological polar surface area (TPSA) is 53.1 Å². The van der Waals surface area contributed by atoms with Gasteiger partial charge in [0, 0.05) is 0 Å². The van der Waals surface area contributed by atoms with Crippen molar-refractivity contribution in [2.75, 3.05) is 5.73 Å². The van der Waals surface area contributed by atoms with Gasteiger partial charge in [-0.3, -0.25) is 0 Å². The molecule has 0 aliphatic heterocycles. The van der Waals surface area contributed by atoms with Crippen molar-refractivity contribution in [1.29, 1.82) is 0 Å². The predicted octanol–water partition coefficient (Wildman–Crippen LogP) is 2.68. The van der Waals surface area contributed by atoms with Gasteiger partial charge in [0.15, 0.2) is 0 Å². The molecule has 0 saturated carbocycles. The van der Waals surface area contributed by atoms with Gasteiger partial charge in [0.05, 0.1) is 12.2 Å². The van der Waals surface area contributed by atoms with Gasteiger partial charge in [-0.2, -0.15) is 13.9 Å². The minimum Gasteiger partial charge on any atom is -0.435 e. The summed E-state index contributed by atoms with van der Waals surface area (Å²) in [6.07, 6.45) is 1.61. The van der Waals surface area contributed by atoms with Gasteiger partial charge in [0.25, 0.3) is 0 Å². The summed E-state index contributed by atoms with van der Waals surface area (Å²) in [5.41, 5.74) is 6.66. The first-order chi connectivity index (χ1) is 8.58. The minimum atomic E-state index is -2.81. The molecule has 2 aromatic rings. The number of anilines is 1. The quantitative estimate of drug-likeness (QED) is 0.911. The number of nitrogens with zero attached hydrogens (tertiary/aromatic N) is 2. The summed E-state index contributed by atoms with van der Waals surface area (Å²) in [7, 11) is 0. The maximum atomic E-state index is 12.0. The fourth-order valence-corrected chi connectivity index (χ4v) is 1.72. The van der Waals surface area contributed by atoms with Crippen molar-refractivity contribution in [2.24, 2.45) is 0 Å². The van der Waals surface area contributed by atoms with Crippen LogP contribution in [-0.2, 0) is 0 Å². The molecule has 1 aromatic heterocycles. The Hall–Kier alpha value is -2.11. The number of ether oxygens (including phenoxy) is 1. The lowest BCUT2D eigenvalue weighted by Crippen LogP contribution is -2.11. The summed E-state index contributed by atoms with van der Waals surface area (Å²) < 4.78 is 29.9. The molecule has 1 atom stereocenters. The molecule has 0 amide bonds. The maximum Gasteiger partial charge on any atom is 0.387 e. The fourth-order valence-electron chi connectivity index (χ4n) is 1.72. The molecule has 0 saturated heterocycles. The number of alkyl halides is 2. The van der Waals surface area contributed by atoms with E-state index in [9.17, 15) is 8.78 Å². The molecular formula is C12H13F2N3O. The molecule has 2 N–H and O–H groups in total. The molecule has 1 unspecified atom stereocenters. The number of aromatic nitrogens is 2. The SMILES string of the molecule is CC(c1ccc(OC(F)F)cc1)n1nccc1N. The Labute approximate surface area is 103 Å². The standard InChI is InChI=1S/C12H13F2N3O/c1-8(17-11(15)6-7-16-17)9-2-4-10(5-3-9)18-12(13)14/h2-8,12H,15H2,1H3. The fraction of sp³-hybridized carbons (Fsp3) is 0.250. The van der Waals surface area contributed by atoms with E-state index in [0.29, 0.717) is 5.82 Å². The van der Waals surface area contributed by atoms with Crippen LogP contribution in [0.2, 0.25) is 0 Å². The van der Waals surface area contributed by atoms with E-state index >= 15 is 0 Å². The summed E-state index contributed by atoms with van der Waals surface area (Å²) in [5.74, 6) is 0.685. The van der Waals surface area contributed by atoms with E-state index in [4.69, 9.17) is 5.73 Å². The first-order valence-corrected chi connectivity index (χ1v) is 5.41. The number of benzene rings is 1. The highest BCUT2D eigenvalue weighted by Gasteiger charge is 2.11. The van der Waals surface area contributed by atoms with Crippen LogP contribution >= 0.6 is 0 Å². The van der Waals surface area contributed by atoms with E-state index in [1.807, 2.05) is 6.92 Å². The molecule has 18 heavy (non-hydrogen) atoms. The lowest BCUT2D eigenvalue weighted by Gasteiger charge is -2.14. The third-order valence-electron chi connectivity index (χ3n) is 2.66. The van der Waals surface area contributed by atoms with Gasteiger partial charge in [-0.25, -0.2) is 4.68 Å². The van der Waals surface area contributed by atoms with Gasteiger partial charge in [-0.05, 0) is 30.7 Å². The normalized spacial score (nSPS) is 12.7. The van der Waals surface area contributed by atoms with E-state index < -0.39 is 6.61 Å². The van der Waals surface area contributed by atoms with E-state index in [0.717, 1.165) is 5.56 Å². The summed E-state index contributed by atoms with van der Waals surface area (Å²) >= 11 is 0. The van der Waals surface area contributed by atoms with E-state index in [1.54, 1.807) is 29.1 Å². The van der Waals surface area contributed by atoms with E-state index in [-0.39, 0.29) is 11.8 Å². The highest BCUT2D eigenvalue weighted by molar-refractivity contribution is 5.33. The molecule has 0 bridgehead atoms. The third kappa shape index (κ3) is 2.58. The minimum absolute atomic E-state index is 0.0689. The van der Waals surface area contributed by atoms with Crippen LogP contribution in [0.3, 0.4) is 0 Å². The first kappa shape index (κ1) is 12.3. The average Bonchev–Trinajstić information content (AvgIpc) is 2.75. The van der Waals surface area contributed by atoms with Crippen molar-refractivity contribution < 1.29 is 13.5 Å². The van der Waals surface area contributed by atoms with Gasteiger partial charge in [-0.1, -0.05) is 12.1 Å². The molecule has 0 fully saturated rings. The smallest absolute Gasteiger partial charge is 0.387 e. The van der Waals surface area contributed by atoms with Gasteiger partial charge in [0.1, 0.15) is 11.6 Å². The molecular weight excluding hydrogens is 240 g/mol. The Morgan fingerprint density at radius 1 is 1.22 bits per heavy atom. The van der Waals surface area contributed by atoms with Crippen LogP contribution in [0.5, 0.6) is 5.75 Å². The number of rotatable bonds is 4. The highest BCUT2D eigenvalue weighted by Crippen LogP contribution is 2.23. The number of hydrogen-bond acceptors (Lipinski definition) is 3. The van der Waals surface area contributed by atoms with Crippen LogP contribution < -0.4 is 10.5 Å². The summed E-state index contributed by atoms with van der Waals surface area (Å²) in [5, 5.41) is 4.10. The van der Waals surface area contributed by atoms with Crippen molar-refractivity contribution in [2.45, 2.75) is 19.6 Å². The Kier molecular flexibility index (Phi) is 3.45. The zero-order valence-electron chi connectivity index (χ0n) is 9.75. The Balaban J connectivity index is 2.17. The van der Waals surface area contributed by atoms with Gasteiger partial charge in [-0.15, -0.1) is 0 Å². The molecule has 4 nitrogen and oxygen atoms in total. The van der Waals surface area contributed by atoms with Crippen molar-refractivity contribution in [3.05, 3.63) is 42.1 Å². The maximum absolute atomic E-state index is 12.0. The van der Waals surface area contributed by atoms with Crippen molar-refractivity contribution in [1.82, 2.24) is 9.78 Å². The zero-order valence-corrected chi connectivity index (χ0v) is 9.75. The molecule has 0 radical (unpaired) electrons. The Morgan fingerprint density at radius 3 is 2.39 bits per heavy atom. The number of halogens is 2. The molecule has 1 aromatic carbocycles. The number of hydrogen-bond donors (Lipinski definition) is 1. The molecule has 2 rings (SSSR count). The molecule has 0 spiro atoms. The molecule has 6 heteroatoms. The summed E-state index contributed by atoms with van der Waals surface area (Å²) in [6, 6.07) is 8.05. The summed E-state index contributed by atoms with van der Waals surface area (Å²) in [4.78, 5) is 0. The lowest BCUT2D eigenvalue weighted by molar-refractivity contribution is -0.0498. The average molecular weight is 253 g/mol. The van der Waals surface area contributed by atoms with E-state index in [1.165, 1.54) is 12.1 Å². The second-order valence-corrected chi connectivity index (χ2v) is 3.82. The molecule has 0 aliphatic rings. The molecule has 1 heterocycles. The van der Waals surface area contributed by atoms with Crippen LogP contribution in [0, 0.1) is 0 Å². The van der Waals surface area contributed by atoms with Crippen LogP contribution in [0.15, 0.2) is 36.5 Å². The van der Waals surface area contributed by atoms with Crippen LogP contribution in [0.1, 0.15) is 18.5 Å². The van der Waals surface area contributed by atoms with Gasteiger partial charge >= 0.3 is 6.61 Å². The van der Waals surface area contributed by atoms with Gasteiger partial charge < -0.3 is 10.5 Å². The van der Waals surface area contributed by atoms with Crippen LogP contribution in [0.4, 0.5) is 14.6 Å². The number of nitrogens with two attached hydrogens (primary N) is 1.